The van der Waals surface area contributed by atoms with Crippen LogP contribution in [0, 0.1) is 0 Å². The normalized spacial score (nSPS) is 9.90. The van der Waals surface area contributed by atoms with Crippen LogP contribution in [-0.2, 0) is 15.0 Å². The van der Waals surface area contributed by atoms with Gasteiger partial charge in [-0.25, -0.2) is 0 Å². The van der Waals surface area contributed by atoms with Gasteiger partial charge in [-0.3, -0.25) is 0 Å². The van der Waals surface area contributed by atoms with Crippen LogP contribution in [0.15, 0.2) is 60.7 Å². The molecule has 0 N–H and O–H groups in total. The second-order valence-corrected chi connectivity index (χ2v) is 4.06. The third-order valence-electron chi connectivity index (χ3n) is 3.03. The summed E-state index contributed by atoms with van der Waals surface area (Å²) in [4.78, 5) is 23.1. The number of rotatable bonds is 4. The van der Waals surface area contributed by atoms with Crippen LogP contribution in [0.1, 0.15) is 11.1 Å². The van der Waals surface area contributed by atoms with Crippen LogP contribution in [0.4, 0.5) is 0 Å². The molecule has 2 aromatic rings. The summed E-state index contributed by atoms with van der Waals surface area (Å²) in [5.41, 5.74) is -2.11. The molecule has 0 fully saturated rings. The number of aliphatic carboxylic acids is 2. The first kappa shape index (κ1) is 21.7. The van der Waals surface area contributed by atoms with Crippen molar-refractivity contribution in [1.82, 2.24) is 0 Å². The van der Waals surface area contributed by atoms with Crippen LogP contribution in [0.25, 0.3) is 0 Å². The monoisotopic (exact) mass is 332 g/mol. The third-order valence-corrected chi connectivity index (χ3v) is 3.03. The van der Waals surface area contributed by atoms with Crippen LogP contribution in [-0.4, -0.2) is 11.9 Å². The Morgan fingerprint density at radius 2 is 0.952 bits per heavy atom. The van der Waals surface area contributed by atoms with Gasteiger partial charge in [-0.1, -0.05) is 60.7 Å². The molecule has 0 heterocycles. The van der Waals surface area contributed by atoms with Crippen LogP contribution >= 0.6 is 0 Å². The van der Waals surface area contributed by atoms with Gasteiger partial charge in [-0.05, 0) is 11.1 Å². The summed E-state index contributed by atoms with van der Waals surface area (Å²) in [6, 6.07) is 15.3. The Morgan fingerprint density at radius 3 is 1.19 bits per heavy atom. The molecule has 6 heteroatoms. The Morgan fingerprint density at radius 1 is 0.667 bits per heavy atom. The minimum Gasteiger partial charge on any atom is -0.548 e. The molecule has 0 spiro atoms. The molecule has 2 aromatic carbocycles. The average molecular weight is 332 g/mol. The summed E-state index contributed by atoms with van der Waals surface area (Å²) in [5.74, 6) is -3.44. The molecular formula is C15H10K2O4. The van der Waals surface area contributed by atoms with Gasteiger partial charge in [0, 0.05) is 0 Å². The SMILES string of the molecule is O=C([O-])C(C(=O)[O-])(c1ccccc1)c1ccccc1.[K+].[K+]. The van der Waals surface area contributed by atoms with Gasteiger partial charge in [0.05, 0.1) is 17.4 Å². The standard InChI is InChI=1S/C15H12O4.2K/c16-13(17)15(14(18)19,11-7-3-1-4-8-11)12-9-5-2-6-10-12;;/h1-10H,(H,16,17)(H,18,19);;/q;2*+1/p-2. The molecule has 0 bridgehead atoms. The molecule has 0 radical (unpaired) electrons. The van der Waals surface area contributed by atoms with E-state index in [9.17, 15) is 19.8 Å². The second-order valence-electron chi connectivity index (χ2n) is 4.06. The molecule has 0 aromatic heterocycles. The maximum absolute atomic E-state index is 11.5. The van der Waals surface area contributed by atoms with Crippen molar-refractivity contribution in [2.75, 3.05) is 0 Å². The summed E-state index contributed by atoms with van der Waals surface area (Å²) >= 11 is 0. The van der Waals surface area contributed by atoms with E-state index in [1.54, 1.807) is 36.4 Å². The summed E-state index contributed by atoms with van der Waals surface area (Å²) < 4.78 is 0. The predicted molar refractivity (Wildman–Crippen MR) is 63.7 cm³/mol. The van der Waals surface area contributed by atoms with E-state index >= 15 is 0 Å². The molecular weight excluding hydrogens is 322 g/mol. The Labute approximate surface area is 207 Å². The fraction of sp³-hybridized carbons (Fsp3) is 0.0667. The van der Waals surface area contributed by atoms with Gasteiger partial charge in [-0.15, -0.1) is 0 Å². The van der Waals surface area contributed by atoms with Crippen molar-refractivity contribution in [3.8, 4) is 0 Å². The van der Waals surface area contributed by atoms with Crippen LogP contribution in [0.5, 0.6) is 0 Å². The first-order valence-electron chi connectivity index (χ1n) is 5.64. The van der Waals surface area contributed by atoms with E-state index < -0.39 is 17.4 Å². The number of carbonyl (C=O) groups excluding carboxylic acids is 2. The topological polar surface area (TPSA) is 80.3 Å². The molecule has 0 aliphatic heterocycles. The molecule has 21 heavy (non-hydrogen) atoms. The van der Waals surface area contributed by atoms with Crippen molar-refractivity contribution < 1.29 is 123 Å². The molecule has 0 saturated carbocycles. The van der Waals surface area contributed by atoms with Crippen molar-refractivity contribution in [2.45, 2.75) is 5.41 Å². The molecule has 0 amide bonds. The summed E-state index contributed by atoms with van der Waals surface area (Å²) in [5, 5.41) is 23.1. The largest absolute Gasteiger partial charge is 1.00 e. The maximum atomic E-state index is 11.5. The Balaban J connectivity index is 0.00000200. The molecule has 4 nitrogen and oxygen atoms in total. The van der Waals surface area contributed by atoms with Gasteiger partial charge in [0.1, 0.15) is 0 Å². The number of carboxylic acid groups (broad SMARTS) is 2. The van der Waals surface area contributed by atoms with Crippen molar-refractivity contribution in [3.63, 3.8) is 0 Å². The summed E-state index contributed by atoms with van der Waals surface area (Å²) in [6.07, 6.45) is 0. The van der Waals surface area contributed by atoms with Crippen molar-refractivity contribution >= 4 is 11.9 Å². The molecule has 0 aliphatic rings. The van der Waals surface area contributed by atoms with Gasteiger partial charge >= 0.3 is 103 Å². The molecule has 2 rings (SSSR count). The van der Waals surface area contributed by atoms with Gasteiger partial charge in [0.2, 0.25) is 0 Å². The zero-order valence-electron chi connectivity index (χ0n) is 11.9. The molecule has 96 valence electrons. The maximum Gasteiger partial charge on any atom is 1.00 e. The van der Waals surface area contributed by atoms with E-state index in [1.807, 2.05) is 0 Å². The van der Waals surface area contributed by atoms with E-state index in [1.165, 1.54) is 24.3 Å². The average Bonchev–Trinajstić information content (AvgIpc) is 2.41. The fourth-order valence-corrected chi connectivity index (χ4v) is 2.10. The van der Waals surface area contributed by atoms with Gasteiger partial charge in [0.15, 0.2) is 0 Å². The van der Waals surface area contributed by atoms with Crippen LogP contribution in [0.2, 0.25) is 0 Å². The number of benzene rings is 2. The van der Waals surface area contributed by atoms with Crippen molar-refractivity contribution in [1.29, 1.82) is 0 Å². The molecule has 0 atom stereocenters. The molecule has 0 saturated heterocycles. The zero-order chi connectivity index (χ0) is 13.9. The molecule has 0 unspecified atom stereocenters. The zero-order valence-corrected chi connectivity index (χ0v) is 18.2. The first-order valence-corrected chi connectivity index (χ1v) is 5.64. The Hall–Kier alpha value is 0.653. The first-order chi connectivity index (χ1) is 9.10. The fourth-order valence-electron chi connectivity index (χ4n) is 2.10. The third kappa shape index (κ3) is 4.35. The van der Waals surface area contributed by atoms with Gasteiger partial charge in [-0.2, -0.15) is 0 Å². The van der Waals surface area contributed by atoms with Crippen LogP contribution < -0.4 is 113 Å². The van der Waals surface area contributed by atoms with E-state index in [-0.39, 0.29) is 114 Å². The van der Waals surface area contributed by atoms with E-state index in [4.69, 9.17) is 0 Å². The van der Waals surface area contributed by atoms with Gasteiger partial charge in [0.25, 0.3) is 0 Å². The Bertz CT molecular complexity index is 544. The Kier molecular flexibility index (Phi) is 10.0. The van der Waals surface area contributed by atoms with E-state index in [0.29, 0.717) is 0 Å². The number of carbonyl (C=O) groups is 2. The van der Waals surface area contributed by atoms with Gasteiger partial charge < -0.3 is 19.8 Å². The number of hydrogen-bond acceptors (Lipinski definition) is 4. The number of hydrogen-bond donors (Lipinski definition) is 0. The van der Waals surface area contributed by atoms with E-state index in [2.05, 4.69) is 0 Å². The van der Waals surface area contributed by atoms with Crippen LogP contribution in [0.3, 0.4) is 0 Å². The summed E-state index contributed by atoms with van der Waals surface area (Å²) in [6.45, 7) is 0. The van der Waals surface area contributed by atoms with Crippen molar-refractivity contribution in [3.05, 3.63) is 71.8 Å². The smallest absolute Gasteiger partial charge is 0.548 e. The van der Waals surface area contributed by atoms with E-state index in [0.717, 1.165) is 0 Å². The predicted octanol–water partition coefficient (Wildman–Crippen LogP) is -6.52. The number of carboxylic acids is 2. The molecule has 0 aliphatic carbocycles. The minimum atomic E-state index is -2.30. The quantitative estimate of drug-likeness (QED) is 0.412. The summed E-state index contributed by atoms with van der Waals surface area (Å²) in [7, 11) is 0. The second kappa shape index (κ2) is 9.72. The van der Waals surface area contributed by atoms with Crippen molar-refractivity contribution in [2.24, 2.45) is 0 Å². The minimum absolute atomic E-state index is 0.